The van der Waals surface area contributed by atoms with E-state index in [2.05, 4.69) is 11.8 Å². The third kappa shape index (κ3) is 15.9. The van der Waals surface area contributed by atoms with Crippen LogP contribution in [0.4, 0.5) is 0 Å². The number of carbonyl (C=O) groups excluding carboxylic acids is 1. The summed E-state index contributed by atoms with van der Waals surface area (Å²) in [6, 6.07) is -0.731. The van der Waals surface area contributed by atoms with E-state index in [1.165, 1.54) is 13.8 Å². The number of carboxylic acids is 1. The van der Waals surface area contributed by atoms with Gasteiger partial charge in [0.1, 0.15) is 6.04 Å². The van der Waals surface area contributed by atoms with Crippen LogP contribution in [0.1, 0.15) is 20.8 Å². The highest BCUT2D eigenvalue weighted by Gasteiger charge is 1.99. The SMILES string of the molecule is CC#CC(C)=O.C[C@H](N)C(=O)O. The first kappa shape index (κ1) is 13.3. The fourth-order valence-corrected chi connectivity index (χ4v) is 0.176. The van der Waals surface area contributed by atoms with Crippen LogP contribution in [-0.2, 0) is 9.59 Å². The highest BCUT2D eigenvalue weighted by atomic mass is 16.4. The second-order valence-corrected chi connectivity index (χ2v) is 2.06. The van der Waals surface area contributed by atoms with E-state index in [0.29, 0.717) is 0 Å². The molecule has 4 heteroatoms. The maximum atomic E-state index is 9.87. The first-order valence-corrected chi connectivity index (χ1v) is 3.33. The molecule has 0 saturated carbocycles. The van der Waals surface area contributed by atoms with Crippen molar-refractivity contribution in [1.82, 2.24) is 0 Å². The number of nitrogens with two attached hydrogens (primary N) is 1. The molecular weight excluding hydrogens is 158 g/mol. The lowest BCUT2D eigenvalue weighted by molar-refractivity contribution is -0.138. The van der Waals surface area contributed by atoms with Crippen molar-refractivity contribution in [3.8, 4) is 11.8 Å². The van der Waals surface area contributed by atoms with Crippen molar-refractivity contribution < 1.29 is 14.7 Å². The lowest BCUT2D eigenvalue weighted by Gasteiger charge is -1.90. The lowest BCUT2D eigenvalue weighted by atomic mass is 10.4. The number of rotatable bonds is 1. The molecule has 0 saturated heterocycles. The summed E-state index contributed by atoms with van der Waals surface area (Å²) in [4.78, 5) is 19.4. The molecule has 0 bridgehead atoms. The summed E-state index contributed by atoms with van der Waals surface area (Å²) >= 11 is 0. The van der Waals surface area contributed by atoms with Crippen molar-refractivity contribution in [2.45, 2.75) is 26.8 Å². The molecule has 0 aromatic rings. The maximum Gasteiger partial charge on any atom is 0.320 e. The molecule has 0 spiro atoms. The minimum atomic E-state index is -0.963. The van der Waals surface area contributed by atoms with Gasteiger partial charge in [-0.2, -0.15) is 0 Å². The molecule has 4 nitrogen and oxygen atoms in total. The Morgan fingerprint density at radius 1 is 1.50 bits per heavy atom. The molecule has 0 aliphatic rings. The molecule has 0 aromatic heterocycles. The Morgan fingerprint density at radius 3 is 1.83 bits per heavy atom. The Bertz CT molecular complexity index is 210. The number of Topliss-reactive ketones (excluding diaryl/α,β-unsaturated/α-hetero) is 1. The number of ketones is 1. The van der Waals surface area contributed by atoms with Gasteiger partial charge in [-0.05, 0) is 19.8 Å². The summed E-state index contributed by atoms with van der Waals surface area (Å²) in [5.41, 5.74) is 4.84. The molecule has 0 heterocycles. The van der Waals surface area contributed by atoms with Gasteiger partial charge in [0.15, 0.2) is 0 Å². The molecule has 0 fully saturated rings. The van der Waals surface area contributed by atoms with E-state index in [9.17, 15) is 9.59 Å². The Hall–Kier alpha value is -1.34. The number of hydrogen-bond acceptors (Lipinski definition) is 3. The van der Waals surface area contributed by atoms with Crippen molar-refractivity contribution >= 4 is 11.8 Å². The topological polar surface area (TPSA) is 80.4 Å². The Labute approximate surface area is 71.8 Å². The van der Waals surface area contributed by atoms with Gasteiger partial charge in [0.05, 0.1) is 0 Å². The normalized spacial score (nSPS) is 9.67. The van der Waals surface area contributed by atoms with Crippen LogP contribution in [0.15, 0.2) is 0 Å². The summed E-state index contributed by atoms with van der Waals surface area (Å²) in [7, 11) is 0. The molecule has 12 heavy (non-hydrogen) atoms. The van der Waals surface area contributed by atoms with E-state index in [1.54, 1.807) is 6.92 Å². The van der Waals surface area contributed by atoms with Crippen LogP contribution in [-0.4, -0.2) is 22.9 Å². The fourth-order valence-electron chi connectivity index (χ4n) is 0.176. The van der Waals surface area contributed by atoms with E-state index in [0.717, 1.165) is 0 Å². The standard InChI is InChI=1S/C5H6O.C3H7NO2/c1-3-4-5(2)6;1-2(4)3(5)6/h1-2H3;2H,4H2,1H3,(H,5,6)/t;2-/m.0/s1. The molecule has 0 unspecified atom stereocenters. The Kier molecular flexibility index (Phi) is 8.58. The highest BCUT2D eigenvalue weighted by Crippen LogP contribution is 1.68. The molecule has 0 aromatic carbocycles. The summed E-state index contributed by atoms with van der Waals surface area (Å²) in [6.07, 6.45) is 0. The summed E-state index contributed by atoms with van der Waals surface area (Å²) in [5.74, 6) is 3.75. The number of carbonyl (C=O) groups is 2. The quantitative estimate of drug-likeness (QED) is 0.430. The Morgan fingerprint density at radius 2 is 1.83 bits per heavy atom. The van der Waals surface area contributed by atoms with Crippen molar-refractivity contribution in [3.63, 3.8) is 0 Å². The van der Waals surface area contributed by atoms with Crippen molar-refractivity contribution in [1.29, 1.82) is 0 Å². The van der Waals surface area contributed by atoms with Crippen molar-refractivity contribution in [2.75, 3.05) is 0 Å². The summed E-state index contributed by atoms with van der Waals surface area (Å²) in [6.45, 7) is 4.50. The first-order valence-electron chi connectivity index (χ1n) is 3.33. The van der Waals surface area contributed by atoms with Crippen molar-refractivity contribution in [3.05, 3.63) is 0 Å². The number of hydrogen-bond donors (Lipinski definition) is 2. The second-order valence-electron chi connectivity index (χ2n) is 2.06. The molecule has 0 aliphatic carbocycles. The van der Waals surface area contributed by atoms with E-state index < -0.39 is 12.0 Å². The fraction of sp³-hybridized carbons (Fsp3) is 0.500. The van der Waals surface area contributed by atoms with Gasteiger partial charge >= 0.3 is 5.97 Å². The van der Waals surface area contributed by atoms with E-state index >= 15 is 0 Å². The van der Waals surface area contributed by atoms with Crippen molar-refractivity contribution in [2.24, 2.45) is 5.73 Å². The zero-order chi connectivity index (χ0) is 10.1. The van der Waals surface area contributed by atoms with Gasteiger partial charge in [-0.15, -0.1) is 0 Å². The van der Waals surface area contributed by atoms with Gasteiger partial charge in [-0.3, -0.25) is 9.59 Å². The van der Waals surface area contributed by atoms with Gasteiger partial charge in [-0.1, -0.05) is 5.92 Å². The molecular formula is C8H13NO3. The maximum absolute atomic E-state index is 9.87. The second kappa shape index (κ2) is 7.76. The number of aliphatic carboxylic acids is 1. The first-order chi connectivity index (χ1) is 5.41. The average Bonchev–Trinajstić information content (AvgIpc) is 1.87. The van der Waals surface area contributed by atoms with Gasteiger partial charge in [0, 0.05) is 6.92 Å². The molecule has 0 amide bonds. The van der Waals surface area contributed by atoms with Crippen LogP contribution in [0.2, 0.25) is 0 Å². The molecule has 0 rings (SSSR count). The smallest absolute Gasteiger partial charge is 0.320 e. The number of carboxylic acid groups (broad SMARTS) is 1. The minimum absolute atomic E-state index is 0.0718. The molecule has 3 N–H and O–H groups in total. The molecule has 68 valence electrons. The van der Waals surface area contributed by atoms with E-state index in [4.69, 9.17) is 10.8 Å². The van der Waals surface area contributed by atoms with Gasteiger partial charge in [-0.25, -0.2) is 0 Å². The Balaban J connectivity index is 0. The van der Waals surface area contributed by atoms with Gasteiger partial charge in [0.2, 0.25) is 5.78 Å². The third-order valence-corrected chi connectivity index (χ3v) is 0.691. The highest BCUT2D eigenvalue weighted by molar-refractivity contribution is 5.93. The minimum Gasteiger partial charge on any atom is -0.480 e. The van der Waals surface area contributed by atoms with Crippen LogP contribution >= 0.6 is 0 Å². The predicted molar refractivity (Wildman–Crippen MR) is 45.4 cm³/mol. The predicted octanol–water partition coefficient (Wildman–Crippen LogP) is 0.0169. The zero-order valence-electron chi connectivity index (χ0n) is 7.42. The largest absolute Gasteiger partial charge is 0.480 e. The van der Waals surface area contributed by atoms with Crippen LogP contribution in [0.5, 0.6) is 0 Å². The van der Waals surface area contributed by atoms with Crippen LogP contribution in [0.3, 0.4) is 0 Å². The van der Waals surface area contributed by atoms with E-state index in [1.807, 2.05) is 0 Å². The lowest BCUT2D eigenvalue weighted by Crippen LogP contribution is -2.25. The van der Waals surface area contributed by atoms with Gasteiger partial charge < -0.3 is 10.8 Å². The van der Waals surface area contributed by atoms with Crippen LogP contribution in [0, 0.1) is 11.8 Å². The molecule has 1 atom stereocenters. The van der Waals surface area contributed by atoms with E-state index in [-0.39, 0.29) is 5.78 Å². The third-order valence-electron chi connectivity index (χ3n) is 0.691. The average molecular weight is 171 g/mol. The van der Waals surface area contributed by atoms with Gasteiger partial charge in [0.25, 0.3) is 0 Å². The summed E-state index contributed by atoms with van der Waals surface area (Å²) < 4.78 is 0. The zero-order valence-corrected chi connectivity index (χ0v) is 7.42. The van der Waals surface area contributed by atoms with Crippen LogP contribution < -0.4 is 5.73 Å². The summed E-state index contributed by atoms with van der Waals surface area (Å²) in [5, 5.41) is 7.87. The molecule has 0 radical (unpaired) electrons. The monoisotopic (exact) mass is 171 g/mol. The molecule has 0 aliphatic heterocycles. The van der Waals surface area contributed by atoms with Crippen LogP contribution in [0.25, 0.3) is 0 Å².